The van der Waals surface area contributed by atoms with Crippen LogP contribution < -0.4 is 20.1 Å². The number of nitrogens with one attached hydrogen (secondary N) is 2. The molecule has 48 heavy (non-hydrogen) atoms. The molecule has 3 heterocycles. The highest BCUT2D eigenvalue weighted by Crippen LogP contribution is 2.46. The molecular weight excluding hydrogens is 634 g/mol. The van der Waals surface area contributed by atoms with Crippen LogP contribution in [0.1, 0.15) is 65.7 Å². The minimum atomic E-state index is -1.03. The molecule has 1 aliphatic rings. The molecule has 9 nitrogen and oxygen atoms in total. The third-order valence-corrected chi connectivity index (χ3v) is 9.66. The van der Waals surface area contributed by atoms with Gasteiger partial charge in [-0.25, -0.2) is 23.7 Å². The van der Waals surface area contributed by atoms with Crippen LogP contribution in [-0.2, 0) is 11.2 Å². The van der Waals surface area contributed by atoms with E-state index in [0.29, 0.717) is 51.4 Å². The number of methoxy groups -OCH3 is 1. The largest absolute Gasteiger partial charge is 0.493 e. The van der Waals surface area contributed by atoms with Gasteiger partial charge in [0.15, 0.2) is 28.3 Å². The molecule has 0 spiro atoms. The van der Waals surface area contributed by atoms with Gasteiger partial charge in [-0.15, -0.1) is 11.3 Å². The molecule has 0 unspecified atom stereocenters. The molecule has 2 aromatic heterocycles. The average Bonchev–Trinajstić information content (AvgIpc) is 3.64. The number of fused-ring (bicyclic) bond motifs is 1. The van der Waals surface area contributed by atoms with E-state index >= 15 is 0 Å². The highest BCUT2D eigenvalue weighted by molar-refractivity contribution is 7.15. The zero-order valence-corrected chi connectivity index (χ0v) is 29.6. The Morgan fingerprint density at radius 3 is 2.52 bits per heavy atom. The van der Waals surface area contributed by atoms with Gasteiger partial charge in [0.2, 0.25) is 5.91 Å². The molecule has 0 aliphatic carbocycles. The molecule has 258 valence electrons. The topological polar surface area (TPSA) is 102 Å². The fourth-order valence-electron chi connectivity index (χ4n) is 7.33. The summed E-state index contributed by atoms with van der Waals surface area (Å²) in [6.07, 6.45) is 6.46. The van der Waals surface area contributed by atoms with E-state index < -0.39 is 11.6 Å². The average molecular weight is 681 g/mol. The van der Waals surface area contributed by atoms with Crippen molar-refractivity contribution in [3.05, 3.63) is 59.4 Å². The number of thiazole rings is 1. The van der Waals surface area contributed by atoms with Crippen LogP contribution in [-0.4, -0.2) is 58.6 Å². The summed E-state index contributed by atoms with van der Waals surface area (Å²) in [5.41, 5.74) is 1.31. The summed E-state index contributed by atoms with van der Waals surface area (Å²) in [6, 6.07) is 7.50. The maximum Gasteiger partial charge on any atom is 0.229 e. The van der Waals surface area contributed by atoms with Crippen LogP contribution in [0.2, 0.25) is 0 Å². The standard InChI is InChI=1S/C36H46F2N6O3S/c1-35(2,3)32(36(4,5)6)28-10-8-13-44(28)14-9-15-47-30-19-27-24(18-29(30)46-7)33(41-21-40-27)43-34-39-20-23(48-34)17-31(45)42-22-11-12-25(37)26(38)16-22/h11-12,16,18-21,28,32H,8-10,13-15,17H2,1-7H3,(H,42,45)(H,39,40,41,43)/t28-/m1/s1. The van der Waals surface area contributed by atoms with Gasteiger partial charge in [-0.05, 0) is 60.8 Å². The van der Waals surface area contributed by atoms with E-state index in [-0.39, 0.29) is 28.8 Å². The van der Waals surface area contributed by atoms with Crippen molar-refractivity contribution < 1.29 is 23.0 Å². The van der Waals surface area contributed by atoms with Gasteiger partial charge < -0.3 is 20.1 Å². The first kappa shape index (κ1) is 35.4. The van der Waals surface area contributed by atoms with Crippen LogP contribution >= 0.6 is 11.3 Å². The van der Waals surface area contributed by atoms with E-state index in [9.17, 15) is 13.6 Å². The molecule has 12 heteroatoms. The number of likely N-dealkylation sites (tertiary alicyclic amines) is 1. The minimum absolute atomic E-state index is 0.0174. The summed E-state index contributed by atoms with van der Waals surface area (Å²) in [5.74, 6) is -0.0542. The highest BCUT2D eigenvalue weighted by atomic mass is 32.1. The molecule has 0 radical (unpaired) electrons. The smallest absolute Gasteiger partial charge is 0.229 e. The first-order chi connectivity index (χ1) is 22.7. The quantitative estimate of drug-likeness (QED) is 0.144. The Kier molecular flexibility index (Phi) is 10.8. The normalized spacial score (nSPS) is 15.7. The Bertz CT molecular complexity index is 1720. The van der Waals surface area contributed by atoms with Gasteiger partial charge in [-0.1, -0.05) is 41.5 Å². The number of anilines is 3. The van der Waals surface area contributed by atoms with Crippen LogP contribution in [0.15, 0.2) is 42.9 Å². The molecule has 5 rings (SSSR count). The predicted octanol–water partition coefficient (Wildman–Crippen LogP) is 8.24. The maximum absolute atomic E-state index is 13.5. The molecule has 4 aromatic rings. The molecule has 1 aliphatic heterocycles. The second-order valence-corrected chi connectivity index (χ2v) is 15.6. The van der Waals surface area contributed by atoms with E-state index in [1.54, 1.807) is 13.3 Å². The molecule has 1 atom stereocenters. The lowest BCUT2D eigenvalue weighted by Gasteiger charge is -2.47. The Balaban J connectivity index is 1.20. The zero-order valence-electron chi connectivity index (χ0n) is 28.8. The summed E-state index contributed by atoms with van der Waals surface area (Å²) < 4.78 is 38.7. The molecule has 0 bridgehead atoms. The summed E-state index contributed by atoms with van der Waals surface area (Å²) in [5, 5.41) is 7.06. The number of nitrogens with zero attached hydrogens (tertiary/aromatic N) is 4. The second-order valence-electron chi connectivity index (χ2n) is 14.5. The lowest BCUT2D eigenvalue weighted by atomic mass is 9.63. The van der Waals surface area contributed by atoms with Crippen molar-refractivity contribution in [1.29, 1.82) is 0 Å². The van der Waals surface area contributed by atoms with E-state index in [1.807, 2.05) is 12.1 Å². The Morgan fingerprint density at radius 1 is 1.04 bits per heavy atom. The van der Waals surface area contributed by atoms with Crippen molar-refractivity contribution in [1.82, 2.24) is 19.9 Å². The van der Waals surface area contributed by atoms with Crippen LogP contribution in [0.5, 0.6) is 11.5 Å². The monoisotopic (exact) mass is 680 g/mol. The number of rotatable bonds is 12. The Morgan fingerprint density at radius 2 is 1.81 bits per heavy atom. The van der Waals surface area contributed by atoms with Crippen molar-refractivity contribution in [3.8, 4) is 11.5 Å². The van der Waals surface area contributed by atoms with Crippen LogP contribution in [0.4, 0.5) is 25.4 Å². The summed E-state index contributed by atoms with van der Waals surface area (Å²) in [7, 11) is 1.61. The number of halogens is 2. The number of carbonyl (C=O) groups is 1. The van der Waals surface area contributed by atoms with Gasteiger partial charge >= 0.3 is 0 Å². The molecule has 0 saturated carbocycles. The van der Waals surface area contributed by atoms with Gasteiger partial charge in [-0.3, -0.25) is 9.69 Å². The van der Waals surface area contributed by atoms with Gasteiger partial charge in [0.25, 0.3) is 0 Å². The molecule has 2 N–H and O–H groups in total. The van der Waals surface area contributed by atoms with Gasteiger partial charge in [0.05, 0.1) is 25.7 Å². The molecule has 1 saturated heterocycles. The van der Waals surface area contributed by atoms with E-state index in [1.165, 1.54) is 36.6 Å². The van der Waals surface area contributed by atoms with Crippen molar-refractivity contribution >= 4 is 44.8 Å². The van der Waals surface area contributed by atoms with Gasteiger partial charge in [-0.2, -0.15) is 0 Å². The van der Waals surface area contributed by atoms with E-state index in [2.05, 4.69) is 72.0 Å². The number of carbonyl (C=O) groups excluding carboxylic acids is 1. The van der Waals surface area contributed by atoms with Gasteiger partial charge in [0, 0.05) is 46.9 Å². The van der Waals surface area contributed by atoms with Crippen molar-refractivity contribution in [2.45, 2.75) is 73.3 Å². The van der Waals surface area contributed by atoms with Crippen molar-refractivity contribution in [2.24, 2.45) is 16.7 Å². The number of amides is 1. The Hall–Kier alpha value is -3.90. The van der Waals surface area contributed by atoms with E-state index in [0.717, 1.165) is 37.0 Å². The lowest BCUT2D eigenvalue weighted by Crippen LogP contribution is -2.48. The maximum atomic E-state index is 13.5. The number of benzene rings is 2. The number of hydrogen-bond acceptors (Lipinski definition) is 9. The predicted molar refractivity (Wildman–Crippen MR) is 187 cm³/mol. The highest BCUT2D eigenvalue weighted by Gasteiger charge is 2.44. The summed E-state index contributed by atoms with van der Waals surface area (Å²) in [6.45, 7) is 16.9. The Labute approximate surface area is 285 Å². The number of hydrogen-bond donors (Lipinski definition) is 2. The van der Waals surface area contributed by atoms with Crippen LogP contribution in [0.25, 0.3) is 10.9 Å². The molecule has 1 amide bonds. The summed E-state index contributed by atoms with van der Waals surface area (Å²) >= 11 is 1.28. The molecule has 1 fully saturated rings. The second kappa shape index (κ2) is 14.7. The van der Waals surface area contributed by atoms with E-state index in [4.69, 9.17) is 9.47 Å². The number of ether oxygens (including phenoxy) is 2. The van der Waals surface area contributed by atoms with Crippen molar-refractivity contribution in [3.63, 3.8) is 0 Å². The minimum Gasteiger partial charge on any atom is -0.493 e. The molecule has 2 aromatic carbocycles. The zero-order chi connectivity index (χ0) is 34.6. The number of aromatic nitrogens is 3. The van der Waals surface area contributed by atoms with Crippen LogP contribution in [0.3, 0.4) is 0 Å². The van der Waals surface area contributed by atoms with Gasteiger partial charge in [0.1, 0.15) is 12.1 Å². The lowest BCUT2D eigenvalue weighted by molar-refractivity contribution is -0.115. The third-order valence-electron chi connectivity index (χ3n) is 8.75. The first-order valence-electron chi connectivity index (χ1n) is 16.4. The van der Waals surface area contributed by atoms with Crippen LogP contribution in [0, 0.1) is 28.4 Å². The van der Waals surface area contributed by atoms with Crippen molar-refractivity contribution in [2.75, 3.05) is 37.4 Å². The summed E-state index contributed by atoms with van der Waals surface area (Å²) in [4.78, 5) is 29.1. The fourth-order valence-corrected chi connectivity index (χ4v) is 8.14. The third kappa shape index (κ3) is 8.57. The first-order valence-corrected chi connectivity index (χ1v) is 17.2. The SMILES string of the molecule is COc1cc2c(Nc3ncc(CC(=O)Nc4ccc(F)c(F)c4)s3)ncnc2cc1OCCCN1CCC[C@@H]1C(C(C)(C)C)C(C)(C)C. The fraction of sp³-hybridized carbons (Fsp3) is 0.500. The molecular formula is C36H46F2N6O3S.